The summed E-state index contributed by atoms with van der Waals surface area (Å²) in [5.74, 6) is 2.71. The normalized spacial score (nSPS) is 25.2. The molecule has 0 radical (unpaired) electrons. The summed E-state index contributed by atoms with van der Waals surface area (Å²) in [6, 6.07) is 0. The Labute approximate surface area is 101 Å². The summed E-state index contributed by atoms with van der Waals surface area (Å²) in [7, 11) is 0. The second-order valence-corrected chi connectivity index (χ2v) is 4.50. The third-order valence-electron chi connectivity index (χ3n) is 3.13. The minimum absolute atomic E-state index is 0.239. The van der Waals surface area contributed by atoms with E-state index in [2.05, 4.69) is 28.6 Å². The third kappa shape index (κ3) is 2.09. The molecule has 0 spiro atoms. The molecule has 0 saturated carbocycles. The minimum Gasteiger partial charge on any atom is -0.378 e. The summed E-state index contributed by atoms with van der Waals surface area (Å²) in [6.07, 6.45) is 2.34. The van der Waals surface area contributed by atoms with Gasteiger partial charge in [0.2, 0.25) is 0 Å². The van der Waals surface area contributed by atoms with Gasteiger partial charge in [0.05, 0.1) is 12.0 Å². The van der Waals surface area contributed by atoms with Gasteiger partial charge in [0, 0.05) is 19.1 Å². The zero-order chi connectivity index (χ0) is 11.5. The number of ether oxygens (including phenoxy) is 1. The van der Waals surface area contributed by atoms with Crippen LogP contribution in [0.25, 0.3) is 0 Å². The third-order valence-corrected chi connectivity index (χ3v) is 3.37. The molecule has 0 bridgehead atoms. The molecule has 2 atom stereocenters. The lowest BCUT2D eigenvalue weighted by atomic mass is 10.0. The van der Waals surface area contributed by atoms with Crippen molar-refractivity contribution in [1.82, 2.24) is 14.8 Å². The predicted octanol–water partition coefficient (Wildman–Crippen LogP) is 2.32. The molecule has 4 nitrogen and oxygen atoms in total. The van der Waals surface area contributed by atoms with Crippen molar-refractivity contribution in [2.45, 2.75) is 51.1 Å². The Morgan fingerprint density at radius 3 is 2.88 bits per heavy atom. The van der Waals surface area contributed by atoms with Gasteiger partial charge in [-0.2, -0.15) is 0 Å². The van der Waals surface area contributed by atoms with Gasteiger partial charge < -0.3 is 9.30 Å². The lowest BCUT2D eigenvalue weighted by Crippen LogP contribution is -2.16. The highest BCUT2D eigenvalue weighted by Crippen LogP contribution is 2.30. The molecule has 1 saturated heterocycles. The highest BCUT2D eigenvalue weighted by Gasteiger charge is 2.30. The van der Waals surface area contributed by atoms with Crippen molar-refractivity contribution in [3.05, 3.63) is 11.6 Å². The Bertz CT molecular complexity index is 353. The molecule has 1 fully saturated rings. The predicted molar refractivity (Wildman–Crippen MR) is 62.6 cm³/mol. The fourth-order valence-electron chi connectivity index (χ4n) is 2.26. The van der Waals surface area contributed by atoms with E-state index in [0.717, 1.165) is 37.6 Å². The molecular formula is C11H18ClN3O. The monoisotopic (exact) mass is 243 g/mol. The van der Waals surface area contributed by atoms with Gasteiger partial charge in [-0.15, -0.1) is 21.8 Å². The zero-order valence-corrected chi connectivity index (χ0v) is 10.6. The van der Waals surface area contributed by atoms with E-state index in [1.54, 1.807) is 0 Å². The van der Waals surface area contributed by atoms with Crippen LogP contribution >= 0.6 is 11.6 Å². The summed E-state index contributed by atoms with van der Waals surface area (Å²) >= 11 is 5.87. The van der Waals surface area contributed by atoms with E-state index in [9.17, 15) is 0 Å². The van der Waals surface area contributed by atoms with Crippen molar-refractivity contribution in [1.29, 1.82) is 0 Å². The standard InChI is InChI=1S/C11H18ClN3O/c1-3-5-15-10(7-12)13-14-11(15)9-4-6-16-8(9)2/h8-9H,3-7H2,1-2H3. The number of hydrogen-bond donors (Lipinski definition) is 0. The molecule has 1 aromatic heterocycles. The SMILES string of the molecule is CCCn1c(CCl)nnc1C1CCOC1C. The molecular weight excluding hydrogens is 226 g/mol. The van der Waals surface area contributed by atoms with Crippen LogP contribution in [0.15, 0.2) is 0 Å². The number of halogens is 1. The Morgan fingerprint density at radius 1 is 1.50 bits per heavy atom. The summed E-state index contributed by atoms with van der Waals surface area (Å²) in [5.41, 5.74) is 0. The van der Waals surface area contributed by atoms with E-state index in [0.29, 0.717) is 11.8 Å². The van der Waals surface area contributed by atoms with E-state index >= 15 is 0 Å². The van der Waals surface area contributed by atoms with Gasteiger partial charge >= 0.3 is 0 Å². The Balaban J connectivity index is 2.28. The number of aromatic nitrogens is 3. The molecule has 16 heavy (non-hydrogen) atoms. The Hall–Kier alpha value is -0.610. The molecule has 1 aliphatic rings. The lowest BCUT2D eigenvalue weighted by molar-refractivity contribution is 0.116. The van der Waals surface area contributed by atoms with Crippen LogP contribution < -0.4 is 0 Å². The van der Waals surface area contributed by atoms with Crippen LogP contribution in [-0.4, -0.2) is 27.5 Å². The molecule has 1 aliphatic heterocycles. The summed E-state index contributed by atoms with van der Waals surface area (Å²) in [4.78, 5) is 0. The van der Waals surface area contributed by atoms with Gasteiger partial charge in [-0.25, -0.2) is 0 Å². The van der Waals surface area contributed by atoms with Crippen molar-refractivity contribution in [2.24, 2.45) is 0 Å². The maximum absolute atomic E-state index is 5.87. The van der Waals surface area contributed by atoms with Crippen molar-refractivity contribution in [2.75, 3.05) is 6.61 Å². The fraction of sp³-hybridized carbons (Fsp3) is 0.818. The first kappa shape index (κ1) is 11.9. The first-order valence-corrected chi connectivity index (χ1v) is 6.41. The maximum atomic E-state index is 5.87. The number of rotatable bonds is 4. The molecule has 1 aromatic rings. The summed E-state index contributed by atoms with van der Waals surface area (Å²) < 4.78 is 7.74. The van der Waals surface area contributed by atoms with Gasteiger partial charge in [-0.3, -0.25) is 0 Å². The minimum atomic E-state index is 0.239. The lowest BCUT2D eigenvalue weighted by Gasteiger charge is -2.15. The van der Waals surface area contributed by atoms with Crippen molar-refractivity contribution in [3.63, 3.8) is 0 Å². The van der Waals surface area contributed by atoms with Crippen LogP contribution in [-0.2, 0) is 17.2 Å². The quantitative estimate of drug-likeness (QED) is 0.762. The first-order chi connectivity index (χ1) is 7.77. The van der Waals surface area contributed by atoms with E-state index in [-0.39, 0.29) is 6.10 Å². The average molecular weight is 244 g/mol. The molecule has 2 heterocycles. The molecule has 5 heteroatoms. The average Bonchev–Trinajstić information content (AvgIpc) is 2.85. The molecule has 90 valence electrons. The highest BCUT2D eigenvalue weighted by atomic mass is 35.5. The van der Waals surface area contributed by atoms with Crippen LogP contribution in [0.3, 0.4) is 0 Å². The van der Waals surface area contributed by atoms with Gasteiger partial charge in [0.25, 0.3) is 0 Å². The molecule has 2 unspecified atom stereocenters. The van der Waals surface area contributed by atoms with E-state index < -0.39 is 0 Å². The molecule has 0 amide bonds. The smallest absolute Gasteiger partial charge is 0.147 e. The van der Waals surface area contributed by atoms with Gasteiger partial charge in [0.1, 0.15) is 11.6 Å². The zero-order valence-electron chi connectivity index (χ0n) is 9.82. The van der Waals surface area contributed by atoms with Crippen LogP contribution in [0.1, 0.15) is 44.3 Å². The van der Waals surface area contributed by atoms with Crippen LogP contribution in [0, 0.1) is 0 Å². The van der Waals surface area contributed by atoms with Crippen molar-refractivity contribution >= 4 is 11.6 Å². The largest absolute Gasteiger partial charge is 0.378 e. The van der Waals surface area contributed by atoms with Crippen LogP contribution in [0.5, 0.6) is 0 Å². The first-order valence-electron chi connectivity index (χ1n) is 5.87. The van der Waals surface area contributed by atoms with Crippen molar-refractivity contribution < 1.29 is 4.74 Å². The van der Waals surface area contributed by atoms with E-state index in [4.69, 9.17) is 16.3 Å². The second-order valence-electron chi connectivity index (χ2n) is 4.23. The van der Waals surface area contributed by atoms with Gasteiger partial charge in [-0.05, 0) is 19.8 Å². The van der Waals surface area contributed by atoms with E-state index in [1.807, 2.05) is 0 Å². The fourth-order valence-corrected chi connectivity index (χ4v) is 2.46. The topological polar surface area (TPSA) is 39.9 Å². The second kappa shape index (κ2) is 5.15. The maximum Gasteiger partial charge on any atom is 0.147 e. The van der Waals surface area contributed by atoms with Crippen molar-refractivity contribution in [3.8, 4) is 0 Å². The number of hydrogen-bond acceptors (Lipinski definition) is 3. The highest BCUT2D eigenvalue weighted by molar-refractivity contribution is 6.16. The molecule has 2 rings (SSSR count). The van der Waals surface area contributed by atoms with Crippen LogP contribution in [0.4, 0.5) is 0 Å². The van der Waals surface area contributed by atoms with Gasteiger partial charge in [0.15, 0.2) is 0 Å². The summed E-state index contributed by atoms with van der Waals surface area (Å²) in [6.45, 7) is 6.01. The van der Waals surface area contributed by atoms with Gasteiger partial charge in [-0.1, -0.05) is 6.92 Å². The number of nitrogens with zero attached hydrogens (tertiary/aromatic N) is 3. The van der Waals surface area contributed by atoms with Crippen LogP contribution in [0.2, 0.25) is 0 Å². The Morgan fingerprint density at radius 2 is 2.31 bits per heavy atom. The van der Waals surface area contributed by atoms with E-state index in [1.165, 1.54) is 0 Å². The Kier molecular flexibility index (Phi) is 3.82. The molecule has 0 aliphatic carbocycles. The molecule has 0 N–H and O–H groups in total. The molecule has 0 aromatic carbocycles. The number of alkyl halides is 1. The summed E-state index contributed by atoms with van der Waals surface area (Å²) in [5, 5.41) is 8.44.